The van der Waals surface area contributed by atoms with Gasteiger partial charge in [-0.3, -0.25) is 4.79 Å². The highest BCUT2D eigenvalue weighted by molar-refractivity contribution is 5.68. The summed E-state index contributed by atoms with van der Waals surface area (Å²) in [6, 6.07) is 0. The summed E-state index contributed by atoms with van der Waals surface area (Å²) in [5.41, 5.74) is 7.58. The van der Waals surface area contributed by atoms with Crippen LogP contribution in [-0.4, -0.2) is 86.9 Å². The predicted octanol–water partition coefficient (Wildman–Crippen LogP) is 4.01. The largest absolute Gasteiger partial charge is 0.481 e. The lowest BCUT2D eigenvalue weighted by Crippen LogP contribution is -2.39. The first-order chi connectivity index (χ1) is 15.3. The topological polar surface area (TPSA) is 143 Å². The summed E-state index contributed by atoms with van der Waals surface area (Å²) in [7, 11) is 0. The van der Waals surface area contributed by atoms with E-state index in [0.717, 1.165) is 25.7 Å². The van der Waals surface area contributed by atoms with Gasteiger partial charge < -0.3 is 29.0 Å². The second kappa shape index (κ2) is 19.6. The lowest BCUT2D eigenvalue weighted by molar-refractivity contribution is -0.137. The van der Waals surface area contributed by atoms with E-state index in [2.05, 4.69) is 10.0 Å². The lowest BCUT2D eigenvalue weighted by atomic mass is 10.1. The first-order valence-electron chi connectivity index (χ1n) is 11.2. The fourth-order valence-electron chi connectivity index (χ4n) is 2.60. The van der Waals surface area contributed by atoms with Gasteiger partial charge >= 0.3 is 12.1 Å². The molecule has 0 radical (unpaired) electrons. The van der Waals surface area contributed by atoms with E-state index in [4.69, 9.17) is 29.6 Å². The normalized spacial score (nSPS) is 11.1. The molecule has 0 atom stereocenters. The summed E-state index contributed by atoms with van der Waals surface area (Å²) in [6.45, 7) is 9.22. The Hall–Kier alpha value is -2.07. The highest BCUT2D eigenvalue weighted by Gasteiger charge is 2.21. The minimum absolute atomic E-state index is 0.204. The second-order valence-corrected chi connectivity index (χ2v) is 8.17. The van der Waals surface area contributed by atoms with E-state index < -0.39 is 11.6 Å². The molecule has 0 spiro atoms. The number of amides is 1. The molecule has 0 aliphatic heterocycles. The third-order valence-electron chi connectivity index (χ3n) is 4.12. The quantitative estimate of drug-likeness (QED) is 0.125. The number of ether oxygens (including phenoxy) is 4. The van der Waals surface area contributed by atoms with E-state index in [9.17, 15) is 9.59 Å². The van der Waals surface area contributed by atoms with Crippen LogP contribution in [0.25, 0.3) is 10.4 Å². The maximum atomic E-state index is 12.5. The molecule has 32 heavy (non-hydrogen) atoms. The molecule has 1 amide bonds. The van der Waals surface area contributed by atoms with Crippen molar-refractivity contribution in [2.75, 3.05) is 59.3 Å². The zero-order chi connectivity index (χ0) is 24.1. The van der Waals surface area contributed by atoms with Gasteiger partial charge in [0.25, 0.3) is 0 Å². The summed E-state index contributed by atoms with van der Waals surface area (Å²) in [4.78, 5) is 27.3. The molecular formula is C21H40N4O7. The Morgan fingerprint density at radius 1 is 0.875 bits per heavy atom. The monoisotopic (exact) mass is 460 g/mol. The van der Waals surface area contributed by atoms with Crippen LogP contribution < -0.4 is 0 Å². The van der Waals surface area contributed by atoms with E-state index >= 15 is 0 Å². The average Bonchev–Trinajstić information content (AvgIpc) is 2.70. The van der Waals surface area contributed by atoms with Gasteiger partial charge in [0.15, 0.2) is 0 Å². The average molecular weight is 461 g/mol. The van der Waals surface area contributed by atoms with Gasteiger partial charge in [0.05, 0.1) is 39.6 Å². The standard InChI is InChI=1S/C21H40N4O7/c1-21(2,3)32-20(28)25(11-8-6-4-5-7-9-19(26)27)12-14-30-16-18-31-17-15-29-13-10-23-24-22/h4-18H2,1-3H3,(H,26,27). The van der Waals surface area contributed by atoms with Crippen LogP contribution in [0.3, 0.4) is 0 Å². The molecule has 0 aromatic heterocycles. The van der Waals surface area contributed by atoms with Crippen LogP contribution in [0.2, 0.25) is 0 Å². The molecule has 186 valence electrons. The van der Waals surface area contributed by atoms with Crippen LogP contribution >= 0.6 is 0 Å². The molecule has 11 heteroatoms. The third-order valence-corrected chi connectivity index (χ3v) is 4.12. The third kappa shape index (κ3) is 21.2. The van der Waals surface area contributed by atoms with Crippen molar-refractivity contribution in [1.82, 2.24) is 4.90 Å². The highest BCUT2D eigenvalue weighted by Crippen LogP contribution is 2.12. The fraction of sp³-hybridized carbons (Fsp3) is 0.905. The zero-order valence-electron chi connectivity index (χ0n) is 19.8. The van der Waals surface area contributed by atoms with Crippen molar-refractivity contribution in [3.8, 4) is 0 Å². The summed E-state index contributed by atoms with van der Waals surface area (Å²) < 4.78 is 21.7. The molecule has 11 nitrogen and oxygen atoms in total. The molecule has 0 heterocycles. The smallest absolute Gasteiger partial charge is 0.410 e. The van der Waals surface area contributed by atoms with E-state index in [-0.39, 0.29) is 12.5 Å². The first kappa shape index (κ1) is 29.9. The van der Waals surface area contributed by atoms with E-state index in [0.29, 0.717) is 65.7 Å². The summed E-state index contributed by atoms with van der Waals surface area (Å²) in [5, 5.41) is 12.0. The number of aliphatic carboxylic acids is 1. The first-order valence-corrected chi connectivity index (χ1v) is 11.2. The second-order valence-electron chi connectivity index (χ2n) is 8.17. The fourth-order valence-corrected chi connectivity index (χ4v) is 2.60. The minimum Gasteiger partial charge on any atom is -0.481 e. The maximum absolute atomic E-state index is 12.5. The predicted molar refractivity (Wildman–Crippen MR) is 120 cm³/mol. The Labute approximate surface area is 191 Å². The molecule has 0 fully saturated rings. The molecule has 1 N–H and O–H groups in total. The number of carbonyl (C=O) groups excluding carboxylic acids is 1. The van der Waals surface area contributed by atoms with E-state index in [1.54, 1.807) is 4.90 Å². The van der Waals surface area contributed by atoms with Gasteiger partial charge in [-0.15, -0.1) is 0 Å². The van der Waals surface area contributed by atoms with Gasteiger partial charge in [-0.25, -0.2) is 4.79 Å². The van der Waals surface area contributed by atoms with Crippen LogP contribution in [0.4, 0.5) is 4.79 Å². The van der Waals surface area contributed by atoms with Crippen molar-refractivity contribution in [2.24, 2.45) is 5.11 Å². The molecule has 0 aliphatic rings. The highest BCUT2D eigenvalue weighted by atomic mass is 16.6. The number of hydrogen-bond donors (Lipinski definition) is 1. The SMILES string of the molecule is CC(C)(C)OC(=O)N(CCCCCCCC(=O)O)CCOCCOCCOCCN=[N+]=[N-]. The number of unbranched alkanes of at least 4 members (excludes halogenated alkanes) is 4. The molecule has 0 unspecified atom stereocenters. The summed E-state index contributed by atoms with van der Waals surface area (Å²) in [5.74, 6) is -0.762. The van der Waals surface area contributed by atoms with Gasteiger partial charge in [0, 0.05) is 31.0 Å². The van der Waals surface area contributed by atoms with Crippen LogP contribution in [0.5, 0.6) is 0 Å². The number of nitrogens with zero attached hydrogens (tertiary/aromatic N) is 4. The molecular weight excluding hydrogens is 420 g/mol. The van der Waals surface area contributed by atoms with Crippen molar-refractivity contribution in [3.63, 3.8) is 0 Å². The van der Waals surface area contributed by atoms with Gasteiger partial charge in [0.1, 0.15) is 5.60 Å². The zero-order valence-corrected chi connectivity index (χ0v) is 19.8. The van der Waals surface area contributed by atoms with Crippen molar-refractivity contribution < 1.29 is 33.6 Å². The van der Waals surface area contributed by atoms with Crippen molar-refractivity contribution in [3.05, 3.63) is 10.4 Å². The lowest BCUT2D eigenvalue weighted by Gasteiger charge is -2.27. The number of rotatable bonds is 20. The van der Waals surface area contributed by atoms with Gasteiger partial charge in [-0.1, -0.05) is 24.4 Å². The van der Waals surface area contributed by atoms with Crippen LogP contribution in [0, 0.1) is 0 Å². The molecule has 0 bridgehead atoms. The van der Waals surface area contributed by atoms with Crippen LogP contribution in [0.15, 0.2) is 5.11 Å². The Balaban J connectivity index is 3.99. The van der Waals surface area contributed by atoms with Gasteiger partial charge in [0.2, 0.25) is 0 Å². The number of azide groups is 1. The molecule has 0 aromatic rings. The molecule has 0 aromatic carbocycles. The molecule has 0 rings (SSSR count). The number of carboxylic acids is 1. The Morgan fingerprint density at radius 3 is 2.03 bits per heavy atom. The Kier molecular flexibility index (Phi) is 18.3. The van der Waals surface area contributed by atoms with Crippen LogP contribution in [0.1, 0.15) is 59.3 Å². The number of hydrogen-bond acceptors (Lipinski definition) is 7. The summed E-state index contributed by atoms with van der Waals surface area (Å²) >= 11 is 0. The Morgan fingerprint density at radius 2 is 1.44 bits per heavy atom. The maximum Gasteiger partial charge on any atom is 0.410 e. The van der Waals surface area contributed by atoms with Gasteiger partial charge in [-0.2, -0.15) is 0 Å². The van der Waals surface area contributed by atoms with E-state index in [1.807, 2.05) is 20.8 Å². The molecule has 0 aliphatic carbocycles. The van der Waals surface area contributed by atoms with Crippen molar-refractivity contribution >= 4 is 12.1 Å². The van der Waals surface area contributed by atoms with Crippen LogP contribution in [-0.2, 0) is 23.7 Å². The van der Waals surface area contributed by atoms with Crippen molar-refractivity contribution in [1.29, 1.82) is 0 Å². The number of carboxylic acid groups (broad SMARTS) is 1. The summed E-state index contributed by atoms with van der Waals surface area (Å²) in [6.07, 6.45) is 4.10. The van der Waals surface area contributed by atoms with Crippen molar-refractivity contribution in [2.45, 2.75) is 64.9 Å². The van der Waals surface area contributed by atoms with E-state index in [1.165, 1.54) is 0 Å². The molecule has 0 saturated carbocycles. The minimum atomic E-state index is -0.762. The Bertz CT molecular complexity index is 549. The van der Waals surface area contributed by atoms with Gasteiger partial charge in [-0.05, 0) is 39.1 Å². The molecule has 0 saturated heterocycles. The number of carbonyl (C=O) groups is 2.